The summed E-state index contributed by atoms with van der Waals surface area (Å²) in [6.45, 7) is 0.752. The van der Waals surface area contributed by atoms with Crippen LogP contribution in [0.2, 0.25) is 5.02 Å². The SMILES string of the molecule is Clc1ccc(C2OCCc3c2[nH]c2ccccc32)cc1. The van der Waals surface area contributed by atoms with Crippen LogP contribution >= 0.6 is 11.6 Å². The van der Waals surface area contributed by atoms with Crippen LogP contribution in [0.5, 0.6) is 0 Å². The molecule has 0 saturated carbocycles. The number of benzene rings is 2. The molecule has 1 aliphatic rings. The molecule has 0 spiro atoms. The van der Waals surface area contributed by atoms with Crippen molar-refractivity contribution < 1.29 is 4.74 Å². The summed E-state index contributed by atoms with van der Waals surface area (Å²) in [6, 6.07) is 16.3. The maximum atomic E-state index is 5.99. The third-order valence-corrected chi connectivity index (χ3v) is 4.17. The first-order valence-electron chi connectivity index (χ1n) is 6.79. The second-order valence-corrected chi connectivity index (χ2v) is 5.55. The van der Waals surface area contributed by atoms with Gasteiger partial charge in [0, 0.05) is 15.9 Å². The summed E-state index contributed by atoms with van der Waals surface area (Å²) in [7, 11) is 0. The van der Waals surface area contributed by atoms with E-state index in [0.29, 0.717) is 0 Å². The predicted octanol–water partition coefficient (Wildman–Crippen LogP) is 4.48. The Morgan fingerprint density at radius 3 is 2.70 bits per heavy atom. The summed E-state index contributed by atoms with van der Waals surface area (Å²) in [5, 5.41) is 2.06. The highest BCUT2D eigenvalue weighted by Crippen LogP contribution is 2.36. The van der Waals surface area contributed by atoms with Gasteiger partial charge in [0.15, 0.2) is 0 Å². The molecule has 4 rings (SSSR count). The lowest BCUT2D eigenvalue weighted by Crippen LogP contribution is -2.16. The van der Waals surface area contributed by atoms with Crippen LogP contribution in [-0.2, 0) is 11.2 Å². The monoisotopic (exact) mass is 283 g/mol. The number of ether oxygens (including phenoxy) is 1. The van der Waals surface area contributed by atoms with Crippen molar-refractivity contribution in [3.05, 3.63) is 70.4 Å². The maximum Gasteiger partial charge on any atom is 0.123 e. The van der Waals surface area contributed by atoms with Gasteiger partial charge in [-0.15, -0.1) is 0 Å². The van der Waals surface area contributed by atoms with E-state index < -0.39 is 0 Å². The number of nitrogens with one attached hydrogen (secondary N) is 1. The van der Waals surface area contributed by atoms with E-state index >= 15 is 0 Å². The van der Waals surface area contributed by atoms with Crippen molar-refractivity contribution in [3.8, 4) is 0 Å². The van der Waals surface area contributed by atoms with Gasteiger partial charge in [-0.05, 0) is 35.7 Å². The van der Waals surface area contributed by atoms with E-state index in [-0.39, 0.29) is 6.10 Å². The molecule has 0 bridgehead atoms. The molecular weight excluding hydrogens is 270 g/mol. The van der Waals surface area contributed by atoms with Gasteiger partial charge in [-0.25, -0.2) is 0 Å². The van der Waals surface area contributed by atoms with Gasteiger partial charge in [-0.3, -0.25) is 0 Å². The van der Waals surface area contributed by atoms with Crippen molar-refractivity contribution in [1.29, 1.82) is 0 Å². The van der Waals surface area contributed by atoms with Crippen LogP contribution in [0.3, 0.4) is 0 Å². The minimum absolute atomic E-state index is 0.0246. The van der Waals surface area contributed by atoms with Gasteiger partial charge in [0.05, 0.1) is 12.3 Å². The summed E-state index contributed by atoms with van der Waals surface area (Å²) >= 11 is 5.97. The molecule has 0 aliphatic carbocycles. The van der Waals surface area contributed by atoms with E-state index in [9.17, 15) is 0 Å². The van der Waals surface area contributed by atoms with Crippen LogP contribution in [0.4, 0.5) is 0 Å². The lowest BCUT2D eigenvalue weighted by Gasteiger charge is -2.24. The number of H-pyrrole nitrogens is 1. The second kappa shape index (κ2) is 4.65. The number of halogens is 1. The average Bonchev–Trinajstić information content (AvgIpc) is 2.87. The summed E-state index contributed by atoms with van der Waals surface area (Å²) in [5.74, 6) is 0. The fourth-order valence-electron chi connectivity index (χ4n) is 2.98. The third kappa shape index (κ3) is 1.84. The summed E-state index contributed by atoms with van der Waals surface area (Å²) in [6.07, 6.45) is 0.937. The number of fused-ring (bicyclic) bond motifs is 3. The zero-order valence-electron chi connectivity index (χ0n) is 10.9. The van der Waals surface area contributed by atoms with Gasteiger partial charge in [-0.1, -0.05) is 41.9 Å². The lowest BCUT2D eigenvalue weighted by molar-refractivity contribution is 0.0677. The molecule has 1 unspecified atom stereocenters. The number of hydrogen-bond acceptors (Lipinski definition) is 1. The highest BCUT2D eigenvalue weighted by atomic mass is 35.5. The molecule has 2 aromatic carbocycles. The molecule has 0 fully saturated rings. The largest absolute Gasteiger partial charge is 0.367 e. The fourth-order valence-corrected chi connectivity index (χ4v) is 3.10. The minimum atomic E-state index is -0.0246. The lowest BCUT2D eigenvalue weighted by atomic mass is 9.98. The van der Waals surface area contributed by atoms with Crippen LogP contribution in [0, 0.1) is 0 Å². The molecule has 0 amide bonds. The summed E-state index contributed by atoms with van der Waals surface area (Å²) in [5.41, 5.74) is 4.88. The maximum absolute atomic E-state index is 5.99. The quantitative estimate of drug-likeness (QED) is 0.700. The number of para-hydroxylation sites is 1. The summed E-state index contributed by atoms with van der Waals surface area (Å²) in [4.78, 5) is 3.52. The van der Waals surface area contributed by atoms with Gasteiger partial charge in [0.25, 0.3) is 0 Å². The molecule has 1 N–H and O–H groups in total. The molecule has 1 atom stereocenters. The molecular formula is C17H14ClNO. The Hall–Kier alpha value is -1.77. The average molecular weight is 284 g/mol. The minimum Gasteiger partial charge on any atom is -0.367 e. The summed E-state index contributed by atoms with van der Waals surface area (Å²) < 4.78 is 5.99. The molecule has 2 heterocycles. The van der Waals surface area contributed by atoms with Gasteiger partial charge in [-0.2, -0.15) is 0 Å². The van der Waals surface area contributed by atoms with E-state index in [1.54, 1.807) is 0 Å². The van der Waals surface area contributed by atoms with E-state index in [0.717, 1.165) is 23.6 Å². The highest BCUT2D eigenvalue weighted by Gasteiger charge is 2.26. The first-order valence-corrected chi connectivity index (χ1v) is 7.17. The molecule has 0 saturated heterocycles. The van der Waals surface area contributed by atoms with Gasteiger partial charge in [0.1, 0.15) is 6.10 Å². The molecule has 3 heteroatoms. The molecule has 2 nitrogen and oxygen atoms in total. The Kier molecular flexibility index (Phi) is 2.79. The normalized spacial score (nSPS) is 18.1. The molecule has 3 aromatic rings. The number of aromatic nitrogens is 1. The first kappa shape index (κ1) is 12.0. The van der Waals surface area contributed by atoms with E-state index in [1.165, 1.54) is 22.2 Å². The molecule has 100 valence electrons. The Bertz CT molecular complexity index is 760. The van der Waals surface area contributed by atoms with Gasteiger partial charge in [0.2, 0.25) is 0 Å². The standard InChI is InChI=1S/C17H14ClNO/c18-12-7-5-11(6-8-12)17-16-14(9-10-20-17)13-3-1-2-4-15(13)19-16/h1-8,17,19H,9-10H2. The van der Waals surface area contributed by atoms with Gasteiger partial charge < -0.3 is 9.72 Å². The van der Waals surface area contributed by atoms with Crippen molar-refractivity contribution in [2.75, 3.05) is 6.61 Å². The van der Waals surface area contributed by atoms with Crippen molar-refractivity contribution in [3.63, 3.8) is 0 Å². The zero-order chi connectivity index (χ0) is 13.5. The molecule has 1 aromatic heterocycles. The van der Waals surface area contributed by atoms with Crippen LogP contribution < -0.4 is 0 Å². The first-order chi connectivity index (χ1) is 9.83. The molecule has 1 aliphatic heterocycles. The van der Waals surface area contributed by atoms with Crippen molar-refractivity contribution >= 4 is 22.5 Å². The van der Waals surface area contributed by atoms with Gasteiger partial charge >= 0.3 is 0 Å². The van der Waals surface area contributed by atoms with Crippen LogP contribution in [0.1, 0.15) is 22.9 Å². The zero-order valence-corrected chi connectivity index (χ0v) is 11.7. The van der Waals surface area contributed by atoms with E-state index in [4.69, 9.17) is 16.3 Å². The van der Waals surface area contributed by atoms with Crippen LogP contribution in [0.25, 0.3) is 10.9 Å². The van der Waals surface area contributed by atoms with E-state index in [2.05, 4.69) is 29.2 Å². The van der Waals surface area contributed by atoms with Crippen LogP contribution in [-0.4, -0.2) is 11.6 Å². The number of aromatic amines is 1. The van der Waals surface area contributed by atoms with E-state index in [1.807, 2.05) is 24.3 Å². The smallest absolute Gasteiger partial charge is 0.123 e. The Morgan fingerprint density at radius 1 is 1.05 bits per heavy atom. The number of hydrogen-bond donors (Lipinski definition) is 1. The van der Waals surface area contributed by atoms with Crippen molar-refractivity contribution in [2.24, 2.45) is 0 Å². The van der Waals surface area contributed by atoms with Crippen LogP contribution in [0.15, 0.2) is 48.5 Å². The molecule has 20 heavy (non-hydrogen) atoms. The topological polar surface area (TPSA) is 25.0 Å². The number of rotatable bonds is 1. The third-order valence-electron chi connectivity index (χ3n) is 3.92. The Labute approximate surface area is 122 Å². The second-order valence-electron chi connectivity index (χ2n) is 5.12. The van der Waals surface area contributed by atoms with Crippen molar-refractivity contribution in [1.82, 2.24) is 4.98 Å². The highest BCUT2D eigenvalue weighted by molar-refractivity contribution is 6.30. The Balaban J connectivity index is 1.87. The molecule has 0 radical (unpaired) electrons. The predicted molar refractivity (Wildman–Crippen MR) is 81.2 cm³/mol. The van der Waals surface area contributed by atoms with Crippen molar-refractivity contribution in [2.45, 2.75) is 12.5 Å². The fraction of sp³-hybridized carbons (Fsp3) is 0.176. The Morgan fingerprint density at radius 2 is 1.85 bits per heavy atom.